The number of carbonyl (C=O) groups is 1. The normalized spacial score (nSPS) is 22.2. The van der Waals surface area contributed by atoms with E-state index in [4.69, 9.17) is 4.74 Å². The van der Waals surface area contributed by atoms with Crippen LogP contribution < -0.4 is 10.1 Å². The highest BCUT2D eigenvalue weighted by Crippen LogP contribution is 2.33. The Morgan fingerprint density at radius 1 is 1.38 bits per heavy atom. The molecule has 1 aliphatic heterocycles. The van der Waals surface area contributed by atoms with Crippen LogP contribution in [0.3, 0.4) is 0 Å². The molecule has 24 heavy (non-hydrogen) atoms. The number of piperidine rings is 1. The maximum Gasteiger partial charge on any atom is 0.404 e. The van der Waals surface area contributed by atoms with E-state index in [1.165, 1.54) is 37.1 Å². The number of likely N-dealkylation sites (tertiary alicyclic amines) is 1. The van der Waals surface area contributed by atoms with Crippen molar-refractivity contribution in [3.05, 3.63) is 29.6 Å². The summed E-state index contributed by atoms with van der Waals surface area (Å²) >= 11 is 0. The summed E-state index contributed by atoms with van der Waals surface area (Å²) in [5.74, 6) is -0.966. The third kappa shape index (κ3) is 4.37. The van der Waals surface area contributed by atoms with Crippen molar-refractivity contribution in [1.29, 1.82) is 0 Å². The summed E-state index contributed by atoms with van der Waals surface area (Å²) in [5, 5.41) is 2.64. The van der Waals surface area contributed by atoms with Gasteiger partial charge in [0.2, 0.25) is 5.91 Å². The summed E-state index contributed by atoms with van der Waals surface area (Å²) < 4.78 is 59.0. The molecule has 0 saturated carbocycles. The fourth-order valence-corrected chi connectivity index (χ4v) is 3.05. The summed E-state index contributed by atoms with van der Waals surface area (Å²) in [6.07, 6.45) is -4.31. The van der Waals surface area contributed by atoms with Crippen molar-refractivity contribution in [2.24, 2.45) is 0 Å². The Morgan fingerprint density at radius 2 is 2.08 bits per heavy atom. The zero-order chi connectivity index (χ0) is 17.9. The van der Waals surface area contributed by atoms with Crippen LogP contribution in [0.5, 0.6) is 5.75 Å². The SMILES string of the molecule is COc1cccc(CN2CC(NC(C)=O)CCC2C(F)(F)F)c1F. The number of carbonyl (C=O) groups excluding carboxylic acids is 1. The van der Waals surface area contributed by atoms with E-state index in [9.17, 15) is 22.4 Å². The van der Waals surface area contributed by atoms with E-state index < -0.39 is 18.0 Å². The smallest absolute Gasteiger partial charge is 0.404 e. The van der Waals surface area contributed by atoms with Crippen LogP contribution in [0, 0.1) is 5.82 Å². The molecule has 134 valence electrons. The van der Waals surface area contributed by atoms with Gasteiger partial charge >= 0.3 is 6.18 Å². The Labute approximate surface area is 137 Å². The predicted molar refractivity (Wildman–Crippen MR) is 80.0 cm³/mol. The highest BCUT2D eigenvalue weighted by atomic mass is 19.4. The molecule has 0 aliphatic carbocycles. The van der Waals surface area contributed by atoms with Gasteiger partial charge in [0.25, 0.3) is 0 Å². The molecule has 4 nitrogen and oxygen atoms in total. The van der Waals surface area contributed by atoms with E-state index >= 15 is 0 Å². The molecule has 0 aromatic heterocycles. The monoisotopic (exact) mass is 348 g/mol. The summed E-state index contributed by atoms with van der Waals surface area (Å²) in [7, 11) is 1.30. The van der Waals surface area contributed by atoms with Crippen LogP contribution in [-0.4, -0.2) is 42.7 Å². The summed E-state index contributed by atoms with van der Waals surface area (Å²) in [6.45, 7) is 1.13. The Kier molecular flexibility index (Phi) is 5.69. The van der Waals surface area contributed by atoms with Gasteiger partial charge in [-0.1, -0.05) is 12.1 Å². The van der Waals surface area contributed by atoms with Gasteiger partial charge in [0.15, 0.2) is 11.6 Å². The summed E-state index contributed by atoms with van der Waals surface area (Å²) in [5.41, 5.74) is 0.132. The lowest BCUT2D eigenvalue weighted by Crippen LogP contribution is -2.55. The zero-order valence-electron chi connectivity index (χ0n) is 13.5. The quantitative estimate of drug-likeness (QED) is 0.851. The lowest BCUT2D eigenvalue weighted by molar-refractivity contribution is -0.194. The first-order valence-corrected chi connectivity index (χ1v) is 7.61. The number of amides is 1. The first kappa shape index (κ1) is 18.5. The number of nitrogens with zero attached hydrogens (tertiary/aromatic N) is 1. The van der Waals surface area contributed by atoms with Crippen molar-refractivity contribution < 1.29 is 27.1 Å². The molecule has 0 radical (unpaired) electrons. The van der Waals surface area contributed by atoms with Crippen molar-refractivity contribution in [3.63, 3.8) is 0 Å². The molecule has 0 bridgehead atoms. The number of alkyl halides is 3. The van der Waals surface area contributed by atoms with Crippen LogP contribution >= 0.6 is 0 Å². The number of methoxy groups -OCH3 is 1. The number of hydrogen-bond acceptors (Lipinski definition) is 3. The zero-order valence-corrected chi connectivity index (χ0v) is 13.5. The van der Waals surface area contributed by atoms with Gasteiger partial charge < -0.3 is 10.1 Å². The lowest BCUT2D eigenvalue weighted by Gasteiger charge is -2.40. The van der Waals surface area contributed by atoms with Gasteiger partial charge in [-0.15, -0.1) is 0 Å². The number of rotatable bonds is 4. The number of hydrogen-bond donors (Lipinski definition) is 1. The van der Waals surface area contributed by atoms with Crippen molar-refractivity contribution >= 4 is 5.91 Å². The Hall–Kier alpha value is -1.83. The van der Waals surface area contributed by atoms with E-state index in [0.29, 0.717) is 0 Å². The molecule has 1 heterocycles. The highest BCUT2D eigenvalue weighted by Gasteiger charge is 2.46. The molecule has 0 spiro atoms. The third-order valence-electron chi connectivity index (χ3n) is 4.11. The van der Waals surface area contributed by atoms with Crippen LogP contribution in [0.4, 0.5) is 17.6 Å². The van der Waals surface area contributed by atoms with Gasteiger partial charge in [-0.25, -0.2) is 4.39 Å². The number of benzene rings is 1. The van der Waals surface area contributed by atoms with E-state index in [0.717, 1.165) is 0 Å². The third-order valence-corrected chi connectivity index (χ3v) is 4.11. The molecule has 1 aromatic rings. The van der Waals surface area contributed by atoms with Gasteiger partial charge in [0.1, 0.15) is 6.04 Å². The second-order valence-electron chi connectivity index (χ2n) is 5.90. The van der Waals surface area contributed by atoms with Crippen LogP contribution in [0.15, 0.2) is 18.2 Å². The maximum absolute atomic E-state index is 14.3. The molecule has 1 aromatic carbocycles. The molecule has 1 amide bonds. The molecule has 1 fully saturated rings. The molecule has 1 N–H and O–H groups in total. The topological polar surface area (TPSA) is 41.6 Å². The fraction of sp³-hybridized carbons (Fsp3) is 0.562. The fourth-order valence-electron chi connectivity index (χ4n) is 3.05. The minimum absolute atomic E-state index is 0.00789. The van der Waals surface area contributed by atoms with Gasteiger partial charge in [0, 0.05) is 31.6 Å². The Balaban J connectivity index is 2.22. The summed E-state index contributed by atoms with van der Waals surface area (Å²) in [6, 6.07) is 2.35. The molecule has 2 atom stereocenters. The van der Waals surface area contributed by atoms with Crippen LogP contribution in [-0.2, 0) is 11.3 Å². The second kappa shape index (κ2) is 7.38. The maximum atomic E-state index is 14.3. The first-order chi connectivity index (χ1) is 11.2. The standard InChI is InChI=1S/C16H20F4N2O2/c1-10(23)21-12-6-7-14(16(18,19)20)22(9-12)8-11-4-3-5-13(24-2)15(11)17/h3-5,12,14H,6-9H2,1-2H3,(H,21,23). The van der Waals surface area contributed by atoms with E-state index in [2.05, 4.69) is 5.32 Å². The lowest BCUT2D eigenvalue weighted by atomic mass is 9.96. The van der Waals surface area contributed by atoms with E-state index in [1.54, 1.807) is 0 Å². The van der Waals surface area contributed by atoms with E-state index in [-0.39, 0.29) is 49.2 Å². The van der Waals surface area contributed by atoms with Crippen LogP contribution in [0.1, 0.15) is 25.3 Å². The number of nitrogens with one attached hydrogen (secondary N) is 1. The van der Waals surface area contributed by atoms with Gasteiger partial charge in [-0.05, 0) is 18.9 Å². The number of halogens is 4. The van der Waals surface area contributed by atoms with Gasteiger partial charge in [-0.2, -0.15) is 13.2 Å². The second-order valence-corrected chi connectivity index (χ2v) is 5.90. The minimum Gasteiger partial charge on any atom is -0.494 e. The Bertz CT molecular complexity index is 592. The molecule has 2 rings (SSSR count). The largest absolute Gasteiger partial charge is 0.494 e. The first-order valence-electron chi connectivity index (χ1n) is 7.61. The average molecular weight is 348 g/mol. The molecular weight excluding hydrogens is 328 g/mol. The van der Waals surface area contributed by atoms with Crippen molar-refractivity contribution in [1.82, 2.24) is 10.2 Å². The van der Waals surface area contributed by atoms with Crippen molar-refractivity contribution in [2.75, 3.05) is 13.7 Å². The Morgan fingerprint density at radius 3 is 2.67 bits per heavy atom. The molecule has 2 unspecified atom stereocenters. The highest BCUT2D eigenvalue weighted by molar-refractivity contribution is 5.73. The minimum atomic E-state index is -4.41. The van der Waals surface area contributed by atoms with Gasteiger partial charge in [0.05, 0.1) is 7.11 Å². The molecule has 1 saturated heterocycles. The molecule has 8 heteroatoms. The van der Waals surface area contributed by atoms with Crippen LogP contribution in [0.25, 0.3) is 0 Å². The number of ether oxygens (including phenoxy) is 1. The van der Waals surface area contributed by atoms with E-state index in [1.807, 2.05) is 0 Å². The van der Waals surface area contributed by atoms with Crippen molar-refractivity contribution in [2.45, 2.75) is 44.6 Å². The van der Waals surface area contributed by atoms with Gasteiger partial charge in [-0.3, -0.25) is 9.69 Å². The van der Waals surface area contributed by atoms with Crippen LogP contribution in [0.2, 0.25) is 0 Å². The van der Waals surface area contributed by atoms with Crippen molar-refractivity contribution in [3.8, 4) is 5.75 Å². The molecular formula is C16H20F4N2O2. The predicted octanol–water partition coefficient (Wildman–Crippen LogP) is 2.87. The summed E-state index contributed by atoms with van der Waals surface area (Å²) in [4.78, 5) is 12.3. The molecule has 1 aliphatic rings. The average Bonchev–Trinajstić information content (AvgIpc) is 2.48.